The van der Waals surface area contributed by atoms with Crippen molar-refractivity contribution in [3.8, 4) is 5.75 Å². The van der Waals surface area contributed by atoms with Crippen LogP contribution in [0.15, 0.2) is 18.2 Å². The Bertz CT molecular complexity index is 412. The van der Waals surface area contributed by atoms with Crippen LogP contribution in [0, 0.1) is 0 Å². The molecule has 21 heavy (non-hydrogen) atoms. The van der Waals surface area contributed by atoms with Crippen LogP contribution < -0.4 is 10.1 Å². The summed E-state index contributed by atoms with van der Waals surface area (Å²) in [6, 6.07) is 4.99. The third kappa shape index (κ3) is 5.29. The first-order valence-electron chi connectivity index (χ1n) is 6.69. The second-order valence-electron chi connectivity index (χ2n) is 4.85. The molecule has 1 aromatic carbocycles. The molecule has 0 unspecified atom stereocenters. The van der Waals surface area contributed by atoms with Gasteiger partial charge in [-0.25, -0.2) is 0 Å². The summed E-state index contributed by atoms with van der Waals surface area (Å²) in [5.41, 5.74) is -0.803. The van der Waals surface area contributed by atoms with E-state index in [0.717, 1.165) is 0 Å². The average Bonchev–Trinajstić information content (AvgIpc) is 2.49. The van der Waals surface area contributed by atoms with Gasteiger partial charge in [0.2, 0.25) is 0 Å². The Hall–Kier alpha value is -0.560. The lowest BCUT2D eigenvalue weighted by atomic mass is 9.98. The van der Waals surface area contributed by atoms with Crippen LogP contribution >= 0.6 is 23.2 Å². The van der Waals surface area contributed by atoms with Crippen LogP contribution in [0.1, 0.15) is 13.3 Å². The van der Waals surface area contributed by atoms with Gasteiger partial charge in [-0.3, -0.25) is 0 Å². The second-order valence-corrected chi connectivity index (χ2v) is 5.66. The highest BCUT2D eigenvalue weighted by atomic mass is 35.5. The standard InChI is InChI=1S/C14H21Cl2NO4/c1-2-14(8-18,9-19)17-6-10(20)7-21-13-11(15)4-3-5-12(13)16/h3-5,10,17-20H,2,6-9H2,1H3/t10-/m0/s1. The first kappa shape index (κ1) is 18.5. The number of rotatable bonds is 9. The third-order valence-electron chi connectivity index (χ3n) is 3.33. The number of aliphatic hydroxyl groups excluding tert-OH is 3. The van der Waals surface area contributed by atoms with Gasteiger partial charge in [0.15, 0.2) is 5.75 Å². The maximum atomic E-state index is 9.91. The monoisotopic (exact) mass is 337 g/mol. The Labute approximate surface area is 134 Å². The number of hydrogen-bond acceptors (Lipinski definition) is 5. The molecular weight excluding hydrogens is 317 g/mol. The van der Waals surface area contributed by atoms with Crippen LogP contribution in [0.5, 0.6) is 5.75 Å². The molecule has 0 saturated heterocycles. The van der Waals surface area contributed by atoms with E-state index in [1.54, 1.807) is 18.2 Å². The number of ether oxygens (including phenoxy) is 1. The van der Waals surface area contributed by atoms with Crippen molar-refractivity contribution in [1.29, 1.82) is 0 Å². The zero-order chi connectivity index (χ0) is 15.9. The molecule has 0 heterocycles. The molecule has 120 valence electrons. The highest BCUT2D eigenvalue weighted by molar-refractivity contribution is 6.37. The minimum atomic E-state index is -0.832. The summed E-state index contributed by atoms with van der Waals surface area (Å²) in [7, 11) is 0. The maximum Gasteiger partial charge on any atom is 0.156 e. The second kappa shape index (κ2) is 8.78. The molecule has 1 aromatic rings. The smallest absolute Gasteiger partial charge is 0.156 e. The normalized spacial score (nSPS) is 13.2. The fraction of sp³-hybridized carbons (Fsp3) is 0.571. The Morgan fingerprint density at radius 1 is 1.24 bits per heavy atom. The van der Waals surface area contributed by atoms with Crippen LogP contribution in [0.3, 0.4) is 0 Å². The SMILES string of the molecule is CCC(CO)(CO)NC[C@H](O)COc1c(Cl)cccc1Cl. The minimum absolute atomic E-state index is 0.00684. The van der Waals surface area contributed by atoms with Gasteiger partial charge in [-0.1, -0.05) is 36.2 Å². The zero-order valence-corrected chi connectivity index (χ0v) is 13.4. The van der Waals surface area contributed by atoms with Crippen molar-refractivity contribution < 1.29 is 20.1 Å². The maximum absolute atomic E-state index is 9.91. The van der Waals surface area contributed by atoms with Crippen LogP contribution in [0.4, 0.5) is 0 Å². The van der Waals surface area contributed by atoms with E-state index in [1.807, 2.05) is 6.92 Å². The number of hydrogen-bond donors (Lipinski definition) is 4. The molecule has 0 aliphatic rings. The quantitative estimate of drug-likeness (QED) is 0.548. The molecule has 0 amide bonds. The van der Waals surface area contributed by atoms with Crippen molar-refractivity contribution in [2.24, 2.45) is 0 Å². The summed E-state index contributed by atoms with van der Waals surface area (Å²) >= 11 is 11.9. The number of aliphatic hydroxyl groups is 3. The molecule has 0 aliphatic carbocycles. The first-order valence-corrected chi connectivity index (χ1v) is 7.45. The van der Waals surface area contributed by atoms with Crippen LogP contribution in [0.2, 0.25) is 10.0 Å². The molecule has 5 nitrogen and oxygen atoms in total. The van der Waals surface area contributed by atoms with Gasteiger partial charge in [-0.15, -0.1) is 0 Å². The predicted molar refractivity (Wildman–Crippen MR) is 83.2 cm³/mol. The Morgan fingerprint density at radius 2 is 1.81 bits per heavy atom. The molecule has 0 spiro atoms. The fourth-order valence-corrected chi connectivity index (χ4v) is 2.21. The van der Waals surface area contributed by atoms with Gasteiger partial charge >= 0.3 is 0 Å². The van der Waals surface area contributed by atoms with Gasteiger partial charge in [0, 0.05) is 6.54 Å². The van der Waals surface area contributed by atoms with Crippen LogP contribution in [-0.2, 0) is 0 Å². The van der Waals surface area contributed by atoms with Gasteiger partial charge in [0.1, 0.15) is 12.7 Å². The van der Waals surface area contributed by atoms with Crippen LogP contribution in [0.25, 0.3) is 0 Å². The average molecular weight is 338 g/mol. The summed E-state index contributed by atoms with van der Waals surface area (Å²) < 4.78 is 5.42. The lowest BCUT2D eigenvalue weighted by Crippen LogP contribution is -2.54. The van der Waals surface area contributed by atoms with Crippen molar-refractivity contribution in [2.75, 3.05) is 26.4 Å². The van der Waals surface area contributed by atoms with Crippen molar-refractivity contribution in [2.45, 2.75) is 25.0 Å². The van der Waals surface area contributed by atoms with E-state index in [9.17, 15) is 15.3 Å². The Balaban J connectivity index is 2.49. The highest BCUT2D eigenvalue weighted by Gasteiger charge is 2.26. The molecular formula is C14H21Cl2NO4. The number of para-hydroxylation sites is 1. The number of halogens is 2. The van der Waals surface area contributed by atoms with E-state index in [4.69, 9.17) is 27.9 Å². The number of nitrogens with one attached hydrogen (secondary N) is 1. The molecule has 1 atom stereocenters. The zero-order valence-electron chi connectivity index (χ0n) is 11.9. The van der Waals surface area contributed by atoms with Gasteiger partial charge in [0.05, 0.1) is 28.8 Å². The van der Waals surface area contributed by atoms with Crippen molar-refractivity contribution >= 4 is 23.2 Å². The molecule has 0 aromatic heterocycles. The topological polar surface area (TPSA) is 82.0 Å². The van der Waals surface area contributed by atoms with Gasteiger partial charge in [0.25, 0.3) is 0 Å². The lowest BCUT2D eigenvalue weighted by molar-refractivity contribution is 0.0569. The summed E-state index contributed by atoms with van der Waals surface area (Å²) in [5, 5.41) is 32.2. The van der Waals surface area contributed by atoms with Crippen LogP contribution in [-0.4, -0.2) is 53.3 Å². The van der Waals surface area contributed by atoms with E-state index in [0.29, 0.717) is 22.2 Å². The van der Waals surface area contributed by atoms with E-state index in [-0.39, 0.29) is 26.4 Å². The molecule has 0 radical (unpaired) electrons. The number of β-amino-alcohol motifs (C(OH)–C–C–N with tert-alkyl or cyclic N) is 1. The van der Waals surface area contributed by atoms with Gasteiger partial charge in [-0.2, -0.15) is 0 Å². The summed E-state index contributed by atoms with van der Waals surface area (Å²) in [4.78, 5) is 0. The van der Waals surface area contributed by atoms with Gasteiger partial charge < -0.3 is 25.4 Å². The fourth-order valence-electron chi connectivity index (χ4n) is 1.70. The molecule has 0 saturated carbocycles. The van der Waals surface area contributed by atoms with E-state index < -0.39 is 11.6 Å². The van der Waals surface area contributed by atoms with Crippen molar-refractivity contribution in [3.63, 3.8) is 0 Å². The molecule has 7 heteroatoms. The van der Waals surface area contributed by atoms with E-state index in [2.05, 4.69) is 5.32 Å². The molecule has 0 bridgehead atoms. The first-order chi connectivity index (χ1) is 9.98. The minimum Gasteiger partial charge on any atom is -0.488 e. The van der Waals surface area contributed by atoms with Crippen molar-refractivity contribution in [1.82, 2.24) is 5.32 Å². The summed E-state index contributed by atoms with van der Waals surface area (Å²) in [6.45, 7) is 1.56. The number of benzene rings is 1. The Kier molecular flexibility index (Phi) is 7.73. The lowest BCUT2D eigenvalue weighted by Gasteiger charge is -2.31. The predicted octanol–water partition coefficient (Wildman–Crippen LogP) is 1.46. The summed E-state index contributed by atoms with van der Waals surface area (Å²) in [6.07, 6.45) is -0.300. The molecule has 0 aliphatic heterocycles. The Morgan fingerprint density at radius 3 is 2.29 bits per heavy atom. The molecule has 1 rings (SSSR count). The van der Waals surface area contributed by atoms with E-state index >= 15 is 0 Å². The van der Waals surface area contributed by atoms with Crippen molar-refractivity contribution in [3.05, 3.63) is 28.2 Å². The van der Waals surface area contributed by atoms with Gasteiger partial charge in [-0.05, 0) is 18.6 Å². The summed E-state index contributed by atoms with van der Waals surface area (Å²) in [5.74, 6) is 0.325. The largest absolute Gasteiger partial charge is 0.488 e. The highest BCUT2D eigenvalue weighted by Crippen LogP contribution is 2.32. The molecule has 0 fully saturated rings. The van der Waals surface area contributed by atoms with E-state index in [1.165, 1.54) is 0 Å². The third-order valence-corrected chi connectivity index (χ3v) is 3.93. The molecule has 4 N–H and O–H groups in total.